The predicted octanol–water partition coefficient (Wildman–Crippen LogP) is 6.95. The maximum atomic E-state index is 13.6. The first kappa shape index (κ1) is 25.8. The van der Waals surface area contributed by atoms with Crippen molar-refractivity contribution in [3.8, 4) is 11.5 Å². The van der Waals surface area contributed by atoms with Crippen LogP contribution in [0.4, 0.5) is 10.1 Å². The molecule has 5 rings (SSSR count). The highest BCUT2D eigenvalue weighted by molar-refractivity contribution is 5.53. The van der Waals surface area contributed by atoms with Crippen molar-refractivity contribution in [3.05, 3.63) is 125 Å². The minimum Gasteiger partial charge on any atom is -0.508 e. The predicted molar refractivity (Wildman–Crippen MR) is 151 cm³/mol. The van der Waals surface area contributed by atoms with Gasteiger partial charge in [-0.3, -0.25) is 4.90 Å². The van der Waals surface area contributed by atoms with Crippen molar-refractivity contribution in [3.63, 3.8) is 0 Å². The van der Waals surface area contributed by atoms with Gasteiger partial charge in [-0.15, -0.1) is 0 Å². The van der Waals surface area contributed by atoms with Gasteiger partial charge in [-0.1, -0.05) is 48.5 Å². The van der Waals surface area contributed by atoms with E-state index in [0.717, 1.165) is 37.4 Å². The highest BCUT2D eigenvalue weighted by atomic mass is 19.1. The third kappa shape index (κ3) is 6.00. The van der Waals surface area contributed by atoms with Gasteiger partial charge < -0.3 is 14.7 Å². The second-order valence-electron chi connectivity index (χ2n) is 10.1. The van der Waals surface area contributed by atoms with E-state index in [2.05, 4.69) is 60.2 Å². The lowest BCUT2D eigenvalue weighted by Gasteiger charge is -2.39. The summed E-state index contributed by atoms with van der Waals surface area (Å²) in [6.07, 6.45) is 1.63. The summed E-state index contributed by atoms with van der Waals surface area (Å²) in [4.78, 5) is 4.64. The molecular weight excluding hydrogens is 475 g/mol. The first-order valence-corrected chi connectivity index (χ1v) is 13.3. The maximum absolute atomic E-state index is 13.6. The van der Waals surface area contributed by atoms with Gasteiger partial charge >= 0.3 is 0 Å². The van der Waals surface area contributed by atoms with Crippen LogP contribution in [0.3, 0.4) is 0 Å². The molecule has 1 N–H and O–H groups in total. The number of rotatable bonds is 9. The Hall–Kier alpha value is -3.83. The fourth-order valence-electron chi connectivity index (χ4n) is 5.29. The van der Waals surface area contributed by atoms with Crippen molar-refractivity contribution < 1.29 is 14.2 Å². The molecule has 0 amide bonds. The van der Waals surface area contributed by atoms with Crippen LogP contribution in [-0.2, 0) is 12.8 Å². The van der Waals surface area contributed by atoms with Crippen LogP contribution in [0.2, 0.25) is 0 Å². The number of phenolic OH excluding ortho intramolecular Hbond substituents is 1. The number of fused-ring (bicyclic) bond motifs is 1. The Balaban J connectivity index is 1.25. The molecule has 0 bridgehead atoms. The van der Waals surface area contributed by atoms with Gasteiger partial charge in [-0.2, -0.15) is 0 Å². The van der Waals surface area contributed by atoms with Gasteiger partial charge in [-0.05, 0) is 97.6 Å². The average molecular weight is 511 g/mol. The van der Waals surface area contributed by atoms with Crippen molar-refractivity contribution >= 4 is 5.69 Å². The Morgan fingerprint density at radius 2 is 1.71 bits per heavy atom. The first-order valence-electron chi connectivity index (χ1n) is 13.3. The van der Waals surface area contributed by atoms with E-state index in [1.807, 2.05) is 42.5 Å². The van der Waals surface area contributed by atoms with Crippen LogP contribution in [0, 0.1) is 5.82 Å². The van der Waals surface area contributed by atoms with E-state index < -0.39 is 0 Å². The summed E-state index contributed by atoms with van der Waals surface area (Å²) in [6.45, 7) is 4.47. The molecule has 4 aromatic rings. The van der Waals surface area contributed by atoms with Crippen LogP contribution in [-0.4, -0.2) is 36.8 Å². The molecule has 196 valence electrons. The minimum absolute atomic E-state index is 0.0877. The van der Waals surface area contributed by atoms with Gasteiger partial charge in [0.15, 0.2) is 0 Å². The number of halogens is 1. The number of aromatic hydroxyl groups is 1. The van der Waals surface area contributed by atoms with Crippen LogP contribution in [0.1, 0.15) is 41.3 Å². The monoisotopic (exact) mass is 510 g/mol. The molecule has 38 heavy (non-hydrogen) atoms. The zero-order chi connectivity index (χ0) is 26.5. The van der Waals surface area contributed by atoms with E-state index in [-0.39, 0.29) is 11.9 Å². The zero-order valence-electron chi connectivity index (χ0n) is 22.1. The lowest BCUT2D eigenvalue weighted by molar-refractivity contribution is 0.201. The third-order valence-electron chi connectivity index (χ3n) is 7.65. The molecule has 0 saturated heterocycles. The van der Waals surface area contributed by atoms with Crippen LogP contribution in [0.5, 0.6) is 11.5 Å². The van der Waals surface area contributed by atoms with E-state index in [9.17, 15) is 9.50 Å². The number of anilines is 1. The molecule has 1 aliphatic heterocycles. The summed E-state index contributed by atoms with van der Waals surface area (Å²) in [7, 11) is 2.12. The molecule has 0 radical (unpaired) electrons. The lowest BCUT2D eigenvalue weighted by Crippen LogP contribution is -2.36. The van der Waals surface area contributed by atoms with Crippen molar-refractivity contribution in [2.24, 2.45) is 0 Å². The van der Waals surface area contributed by atoms with Gasteiger partial charge in [0.25, 0.3) is 0 Å². The fraction of sp³-hybridized carbons (Fsp3) is 0.273. The lowest BCUT2D eigenvalue weighted by atomic mass is 9.88. The number of nitrogens with zero attached hydrogens (tertiary/aromatic N) is 2. The van der Waals surface area contributed by atoms with Crippen molar-refractivity contribution in [1.29, 1.82) is 0 Å². The molecule has 0 saturated carbocycles. The molecule has 2 atom stereocenters. The average Bonchev–Trinajstić information content (AvgIpc) is 2.94. The molecule has 2 unspecified atom stereocenters. The Morgan fingerprint density at radius 3 is 2.45 bits per heavy atom. The molecule has 0 fully saturated rings. The largest absolute Gasteiger partial charge is 0.508 e. The quantitative estimate of drug-likeness (QED) is 0.264. The summed E-state index contributed by atoms with van der Waals surface area (Å²) in [6, 6.07) is 31.6. The van der Waals surface area contributed by atoms with Gasteiger partial charge in [0.05, 0.1) is 6.04 Å². The van der Waals surface area contributed by atoms with Gasteiger partial charge in [0.1, 0.15) is 23.9 Å². The van der Waals surface area contributed by atoms with E-state index in [1.165, 1.54) is 34.4 Å². The summed E-state index contributed by atoms with van der Waals surface area (Å²) in [5, 5.41) is 10.0. The van der Waals surface area contributed by atoms with Crippen molar-refractivity contribution in [2.75, 3.05) is 31.6 Å². The Morgan fingerprint density at radius 1 is 0.974 bits per heavy atom. The van der Waals surface area contributed by atoms with Crippen LogP contribution >= 0.6 is 0 Å². The molecule has 5 heteroatoms. The highest BCUT2D eigenvalue weighted by Gasteiger charge is 2.28. The molecule has 1 aliphatic rings. The van der Waals surface area contributed by atoms with Crippen LogP contribution in [0.15, 0.2) is 97.1 Å². The number of benzene rings is 4. The zero-order valence-corrected chi connectivity index (χ0v) is 22.1. The number of phenols is 1. The summed E-state index contributed by atoms with van der Waals surface area (Å²) < 4.78 is 19.7. The van der Waals surface area contributed by atoms with E-state index in [1.54, 1.807) is 6.07 Å². The normalized spacial score (nSPS) is 15.8. The smallest absolute Gasteiger partial charge is 0.123 e. The van der Waals surface area contributed by atoms with E-state index >= 15 is 0 Å². The molecule has 0 aliphatic carbocycles. The number of hydrogen-bond acceptors (Lipinski definition) is 4. The topological polar surface area (TPSA) is 35.9 Å². The molecule has 0 spiro atoms. The first-order chi connectivity index (χ1) is 18.5. The summed E-state index contributed by atoms with van der Waals surface area (Å²) in [5.74, 6) is 0.922. The standard InChI is InChI=1S/C33H35FN2O2/c1-24(26-6-4-3-5-7-26)35(2)20-21-38-31-15-8-25(9-16-31)22-33-32-17-14-30(37)23-27(32)18-19-36(33)29-12-10-28(34)11-13-29/h3-17,23-24,33,37H,18-22H2,1-2H3. The number of ether oxygens (including phenoxy) is 1. The Labute approximate surface area is 224 Å². The highest BCUT2D eigenvalue weighted by Crippen LogP contribution is 2.37. The minimum atomic E-state index is -0.232. The molecule has 0 aromatic heterocycles. The van der Waals surface area contributed by atoms with Crippen molar-refractivity contribution in [1.82, 2.24) is 4.90 Å². The van der Waals surface area contributed by atoms with Gasteiger partial charge in [0.2, 0.25) is 0 Å². The summed E-state index contributed by atoms with van der Waals surface area (Å²) in [5.41, 5.74) is 5.87. The second-order valence-corrected chi connectivity index (χ2v) is 10.1. The van der Waals surface area contributed by atoms with Crippen molar-refractivity contribution in [2.45, 2.75) is 31.8 Å². The van der Waals surface area contributed by atoms with Crippen LogP contribution in [0.25, 0.3) is 0 Å². The maximum Gasteiger partial charge on any atom is 0.123 e. The molecule has 1 heterocycles. The van der Waals surface area contributed by atoms with Crippen LogP contribution < -0.4 is 9.64 Å². The molecular formula is C33H35FN2O2. The molecule has 4 nitrogen and oxygen atoms in total. The SMILES string of the molecule is CC(c1ccccc1)N(C)CCOc1ccc(CC2c3ccc(O)cc3CCN2c2ccc(F)cc2)cc1. The Kier molecular flexibility index (Phi) is 7.94. The number of likely N-dealkylation sites (N-methyl/N-ethyl adjacent to an activating group) is 1. The van der Waals surface area contributed by atoms with E-state index in [4.69, 9.17) is 4.74 Å². The number of hydrogen-bond donors (Lipinski definition) is 1. The Bertz CT molecular complexity index is 1330. The van der Waals surface area contributed by atoms with Gasteiger partial charge in [0, 0.05) is 24.8 Å². The fourth-order valence-corrected chi connectivity index (χ4v) is 5.29. The second kappa shape index (κ2) is 11.7. The summed E-state index contributed by atoms with van der Waals surface area (Å²) >= 11 is 0. The van der Waals surface area contributed by atoms with Gasteiger partial charge in [-0.25, -0.2) is 4.39 Å². The molecule has 4 aromatic carbocycles. The third-order valence-corrected chi connectivity index (χ3v) is 7.65. The van der Waals surface area contributed by atoms with E-state index in [0.29, 0.717) is 18.4 Å².